The molecule has 0 saturated carbocycles. The molecule has 0 aliphatic heterocycles. The average Bonchev–Trinajstić information content (AvgIpc) is 2.65. The molecule has 0 amide bonds. The number of hydrogen-bond donors (Lipinski definition) is 1. The Morgan fingerprint density at radius 2 is 1.94 bits per heavy atom. The van der Waals surface area contributed by atoms with Crippen LogP contribution in [0.4, 0.5) is 0 Å². The number of benzene rings is 1. The molecular weight excluding hydrogens is 242 g/mol. The average molecular weight is 261 g/mol. The highest BCUT2D eigenvalue weighted by Crippen LogP contribution is 2.28. The van der Waals surface area contributed by atoms with Gasteiger partial charge in [-0.15, -0.1) is 11.8 Å². The number of aromatic nitrogens is 2. The molecule has 0 aliphatic rings. The first-order valence-corrected chi connectivity index (χ1v) is 7.11. The molecule has 0 bridgehead atoms. The summed E-state index contributed by atoms with van der Waals surface area (Å²) in [6.07, 6.45) is 0. The number of nitrogens with zero attached hydrogens (tertiary/aromatic N) is 2. The maximum absolute atomic E-state index is 5.81. The van der Waals surface area contributed by atoms with Crippen molar-refractivity contribution in [3.05, 3.63) is 35.7 Å². The molecule has 0 unspecified atom stereocenters. The van der Waals surface area contributed by atoms with Gasteiger partial charge in [-0.05, 0) is 30.4 Å². The van der Waals surface area contributed by atoms with Gasteiger partial charge in [0.25, 0.3) is 0 Å². The lowest BCUT2D eigenvalue weighted by Gasteiger charge is -2.06. The van der Waals surface area contributed by atoms with Crippen molar-refractivity contribution in [2.45, 2.75) is 25.3 Å². The highest BCUT2D eigenvalue weighted by molar-refractivity contribution is 7.99. The van der Waals surface area contributed by atoms with E-state index in [0.29, 0.717) is 6.54 Å². The molecule has 0 radical (unpaired) electrons. The van der Waals surface area contributed by atoms with Crippen LogP contribution in [-0.2, 0) is 13.6 Å². The molecule has 0 fully saturated rings. The molecule has 1 heterocycles. The highest BCUT2D eigenvalue weighted by atomic mass is 32.2. The van der Waals surface area contributed by atoms with E-state index >= 15 is 0 Å². The van der Waals surface area contributed by atoms with E-state index in [0.717, 1.165) is 17.1 Å². The summed E-state index contributed by atoms with van der Waals surface area (Å²) in [5.74, 6) is 1.10. The van der Waals surface area contributed by atoms with Gasteiger partial charge in [-0.25, -0.2) is 0 Å². The molecule has 1 aromatic carbocycles. The Morgan fingerprint density at radius 1 is 1.28 bits per heavy atom. The number of rotatable bonds is 4. The van der Waals surface area contributed by atoms with Gasteiger partial charge in [-0.2, -0.15) is 5.10 Å². The predicted molar refractivity (Wildman–Crippen MR) is 77.7 cm³/mol. The summed E-state index contributed by atoms with van der Waals surface area (Å²) in [5.41, 5.74) is 10.3. The van der Waals surface area contributed by atoms with Crippen LogP contribution in [0.25, 0.3) is 11.1 Å². The Bertz CT molecular complexity index is 529. The zero-order valence-corrected chi connectivity index (χ0v) is 11.9. The van der Waals surface area contributed by atoms with E-state index in [9.17, 15) is 0 Å². The standard InChI is InChI=1S/C14H19N3S/c1-4-18-12-7-5-11(6-8-12)14-10(2)16-17(3)13(14)9-15/h5-8H,4,9,15H2,1-3H3. The van der Waals surface area contributed by atoms with Crippen molar-refractivity contribution in [1.29, 1.82) is 0 Å². The van der Waals surface area contributed by atoms with Crippen molar-refractivity contribution in [3.63, 3.8) is 0 Å². The normalized spacial score (nSPS) is 10.9. The summed E-state index contributed by atoms with van der Waals surface area (Å²) in [5, 5.41) is 4.45. The number of hydrogen-bond acceptors (Lipinski definition) is 3. The molecule has 0 aliphatic carbocycles. The molecule has 18 heavy (non-hydrogen) atoms. The lowest BCUT2D eigenvalue weighted by atomic mass is 10.0. The van der Waals surface area contributed by atoms with Gasteiger partial charge in [0, 0.05) is 24.1 Å². The van der Waals surface area contributed by atoms with E-state index < -0.39 is 0 Å². The number of aryl methyl sites for hydroxylation is 2. The van der Waals surface area contributed by atoms with Gasteiger partial charge in [0.05, 0.1) is 11.4 Å². The Labute approximate surface area is 112 Å². The highest BCUT2D eigenvalue weighted by Gasteiger charge is 2.13. The van der Waals surface area contributed by atoms with Crippen molar-refractivity contribution in [3.8, 4) is 11.1 Å². The number of nitrogens with two attached hydrogens (primary N) is 1. The van der Waals surface area contributed by atoms with E-state index in [-0.39, 0.29) is 0 Å². The minimum absolute atomic E-state index is 0.512. The maximum Gasteiger partial charge on any atom is 0.0675 e. The third kappa shape index (κ3) is 2.44. The molecule has 0 atom stereocenters. The Kier molecular flexibility index (Phi) is 4.09. The van der Waals surface area contributed by atoms with Gasteiger partial charge >= 0.3 is 0 Å². The summed E-state index contributed by atoms with van der Waals surface area (Å²) in [6, 6.07) is 8.63. The molecule has 0 saturated heterocycles. The van der Waals surface area contributed by atoms with Gasteiger partial charge in [-0.1, -0.05) is 19.1 Å². The van der Waals surface area contributed by atoms with E-state index in [1.807, 2.05) is 30.4 Å². The minimum atomic E-state index is 0.512. The third-order valence-corrected chi connectivity index (χ3v) is 3.88. The first-order valence-electron chi connectivity index (χ1n) is 6.13. The van der Waals surface area contributed by atoms with Crippen molar-refractivity contribution in [1.82, 2.24) is 9.78 Å². The number of thioether (sulfide) groups is 1. The van der Waals surface area contributed by atoms with Crippen LogP contribution < -0.4 is 5.73 Å². The summed E-state index contributed by atoms with van der Waals surface area (Å²) in [7, 11) is 1.94. The molecule has 2 aromatic rings. The maximum atomic E-state index is 5.81. The van der Waals surface area contributed by atoms with Crippen LogP contribution in [0, 0.1) is 6.92 Å². The Hall–Kier alpha value is -1.26. The first kappa shape index (κ1) is 13.2. The van der Waals surface area contributed by atoms with Crippen LogP contribution in [0.2, 0.25) is 0 Å². The van der Waals surface area contributed by atoms with E-state index in [2.05, 4.69) is 36.3 Å². The predicted octanol–water partition coefficient (Wildman–Crippen LogP) is 2.97. The van der Waals surface area contributed by atoms with Crippen LogP contribution in [0.15, 0.2) is 29.2 Å². The molecule has 2 rings (SSSR count). The molecular formula is C14H19N3S. The molecule has 2 N–H and O–H groups in total. The third-order valence-electron chi connectivity index (χ3n) is 2.99. The first-order chi connectivity index (χ1) is 8.67. The fourth-order valence-electron chi connectivity index (χ4n) is 2.20. The van der Waals surface area contributed by atoms with Gasteiger partial charge < -0.3 is 5.73 Å². The van der Waals surface area contributed by atoms with Crippen molar-refractivity contribution >= 4 is 11.8 Å². The Morgan fingerprint density at radius 3 is 2.50 bits per heavy atom. The van der Waals surface area contributed by atoms with E-state index in [1.165, 1.54) is 16.0 Å². The van der Waals surface area contributed by atoms with E-state index in [4.69, 9.17) is 5.73 Å². The fourth-order valence-corrected chi connectivity index (χ4v) is 2.86. The van der Waals surface area contributed by atoms with Crippen LogP contribution in [0.5, 0.6) is 0 Å². The van der Waals surface area contributed by atoms with Crippen LogP contribution >= 0.6 is 11.8 Å². The SMILES string of the molecule is CCSc1ccc(-c2c(C)nn(C)c2CN)cc1. The summed E-state index contributed by atoms with van der Waals surface area (Å²) >= 11 is 1.85. The molecule has 1 aromatic heterocycles. The smallest absolute Gasteiger partial charge is 0.0675 e. The van der Waals surface area contributed by atoms with Crippen LogP contribution in [-0.4, -0.2) is 15.5 Å². The van der Waals surface area contributed by atoms with Gasteiger partial charge in [0.15, 0.2) is 0 Å². The second-order valence-corrected chi connectivity index (χ2v) is 5.53. The summed E-state index contributed by atoms with van der Waals surface area (Å²) in [6.45, 7) is 4.71. The van der Waals surface area contributed by atoms with Crippen LogP contribution in [0.1, 0.15) is 18.3 Å². The summed E-state index contributed by atoms with van der Waals surface area (Å²) < 4.78 is 1.87. The van der Waals surface area contributed by atoms with Crippen molar-refractivity contribution < 1.29 is 0 Å². The zero-order chi connectivity index (χ0) is 13.1. The van der Waals surface area contributed by atoms with Crippen molar-refractivity contribution in [2.75, 3.05) is 5.75 Å². The topological polar surface area (TPSA) is 43.8 Å². The molecule has 0 spiro atoms. The molecule has 96 valence electrons. The van der Waals surface area contributed by atoms with Gasteiger partial charge in [0.1, 0.15) is 0 Å². The fraction of sp³-hybridized carbons (Fsp3) is 0.357. The zero-order valence-electron chi connectivity index (χ0n) is 11.1. The largest absolute Gasteiger partial charge is 0.325 e. The molecule has 3 nitrogen and oxygen atoms in total. The van der Waals surface area contributed by atoms with Crippen molar-refractivity contribution in [2.24, 2.45) is 12.8 Å². The lowest BCUT2D eigenvalue weighted by Crippen LogP contribution is -2.05. The minimum Gasteiger partial charge on any atom is -0.325 e. The monoisotopic (exact) mass is 261 g/mol. The Balaban J connectivity index is 2.42. The van der Waals surface area contributed by atoms with Gasteiger partial charge in [0.2, 0.25) is 0 Å². The van der Waals surface area contributed by atoms with E-state index in [1.54, 1.807) is 0 Å². The summed E-state index contributed by atoms with van der Waals surface area (Å²) in [4.78, 5) is 1.30. The molecule has 4 heteroatoms. The lowest BCUT2D eigenvalue weighted by molar-refractivity contribution is 0.706. The second-order valence-electron chi connectivity index (χ2n) is 4.19. The van der Waals surface area contributed by atoms with Gasteiger partial charge in [-0.3, -0.25) is 4.68 Å². The second kappa shape index (κ2) is 5.59. The van der Waals surface area contributed by atoms with Crippen LogP contribution in [0.3, 0.4) is 0 Å². The quantitative estimate of drug-likeness (QED) is 0.861.